The Labute approximate surface area is 140 Å². The van der Waals surface area contributed by atoms with Crippen molar-refractivity contribution in [2.24, 2.45) is 16.6 Å². The topological polar surface area (TPSA) is 72.5 Å². The van der Waals surface area contributed by atoms with Crippen molar-refractivity contribution >= 4 is 5.96 Å². The first-order chi connectivity index (χ1) is 11.7. The fourth-order valence-corrected chi connectivity index (χ4v) is 2.45. The summed E-state index contributed by atoms with van der Waals surface area (Å²) in [5.41, 5.74) is 6.69. The highest BCUT2D eigenvalue weighted by atomic mass is 19.1. The average molecular weight is 328 g/mol. The van der Waals surface area contributed by atoms with Crippen molar-refractivity contribution in [3.63, 3.8) is 0 Å². The number of nitrogens with one attached hydrogen (secondary N) is 1. The van der Waals surface area contributed by atoms with E-state index in [-0.39, 0.29) is 5.82 Å². The maximum Gasteiger partial charge on any atom is 0.224 e. The Kier molecular flexibility index (Phi) is 5.25. The summed E-state index contributed by atoms with van der Waals surface area (Å²) < 4.78 is 18.9. The molecule has 0 unspecified atom stereocenters. The average Bonchev–Trinajstić information content (AvgIpc) is 2.53. The molecule has 0 amide bonds. The van der Waals surface area contributed by atoms with Crippen LogP contribution in [0.3, 0.4) is 0 Å². The lowest BCUT2D eigenvalue weighted by Gasteiger charge is -2.25. The van der Waals surface area contributed by atoms with Gasteiger partial charge in [0.25, 0.3) is 0 Å². The summed E-state index contributed by atoms with van der Waals surface area (Å²) in [6, 6.07) is 9.62. The zero-order valence-electron chi connectivity index (χ0n) is 13.4. The van der Waals surface area contributed by atoms with Crippen LogP contribution in [0.1, 0.15) is 24.8 Å². The first kappa shape index (κ1) is 16.2. The lowest BCUT2D eigenvalue weighted by molar-refractivity contribution is 0.315. The number of nitrogens with zero attached hydrogens (tertiary/aromatic N) is 2. The maximum atomic E-state index is 13.3. The van der Waals surface area contributed by atoms with Crippen molar-refractivity contribution < 1.29 is 9.13 Å². The predicted molar refractivity (Wildman–Crippen MR) is 91.4 cm³/mol. The second-order valence-electron chi connectivity index (χ2n) is 5.91. The van der Waals surface area contributed by atoms with Crippen molar-refractivity contribution in [1.82, 2.24) is 10.3 Å². The van der Waals surface area contributed by atoms with Gasteiger partial charge in [-0.2, -0.15) is 0 Å². The Balaban J connectivity index is 1.62. The van der Waals surface area contributed by atoms with Gasteiger partial charge in [0.05, 0.1) is 6.54 Å². The Morgan fingerprint density at radius 3 is 2.96 bits per heavy atom. The molecule has 0 aliphatic heterocycles. The van der Waals surface area contributed by atoms with Gasteiger partial charge in [-0.25, -0.2) is 14.4 Å². The molecule has 5 nitrogen and oxygen atoms in total. The third-order valence-electron chi connectivity index (χ3n) is 4.08. The highest BCUT2D eigenvalue weighted by Crippen LogP contribution is 2.25. The van der Waals surface area contributed by atoms with Gasteiger partial charge >= 0.3 is 0 Å². The second kappa shape index (κ2) is 7.77. The number of guanidine groups is 1. The van der Waals surface area contributed by atoms with Crippen LogP contribution in [-0.2, 0) is 6.54 Å². The predicted octanol–water partition coefficient (Wildman–Crippen LogP) is 3.22. The molecule has 1 saturated carbocycles. The molecule has 126 valence electrons. The Hall–Kier alpha value is -2.63. The van der Waals surface area contributed by atoms with Crippen LogP contribution in [0.4, 0.5) is 4.39 Å². The van der Waals surface area contributed by atoms with Crippen LogP contribution < -0.4 is 15.8 Å². The molecule has 1 aromatic heterocycles. The lowest BCUT2D eigenvalue weighted by atomic mass is 9.85. The van der Waals surface area contributed by atoms with E-state index in [2.05, 4.69) is 15.3 Å². The Morgan fingerprint density at radius 2 is 2.21 bits per heavy atom. The second-order valence-corrected chi connectivity index (χ2v) is 5.91. The highest BCUT2D eigenvalue weighted by Gasteiger charge is 2.16. The minimum Gasteiger partial charge on any atom is -0.439 e. The monoisotopic (exact) mass is 328 g/mol. The van der Waals surface area contributed by atoms with E-state index in [0.29, 0.717) is 30.1 Å². The van der Waals surface area contributed by atoms with Crippen molar-refractivity contribution in [3.8, 4) is 11.6 Å². The van der Waals surface area contributed by atoms with E-state index < -0.39 is 0 Å². The number of nitrogens with two attached hydrogens (primary N) is 1. The van der Waals surface area contributed by atoms with Crippen LogP contribution in [0, 0.1) is 11.7 Å². The van der Waals surface area contributed by atoms with E-state index in [9.17, 15) is 4.39 Å². The van der Waals surface area contributed by atoms with Gasteiger partial charge < -0.3 is 15.8 Å². The van der Waals surface area contributed by atoms with Gasteiger partial charge in [-0.1, -0.05) is 18.6 Å². The molecule has 0 radical (unpaired) electrons. The van der Waals surface area contributed by atoms with Gasteiger partial charge in [-0.15, -0.1) is 0 Å². The smallest absolute Gasteiger partial charge is 0.224 e. The quantitative estimate of drug-likeness (QED) is 0.631. The van der Waals surface area contributed by atoms with Gasteiger partial charge in [0.1, 0.15) is 11.6 Å². The third kappa shape index (κ3) is 4.44. The molecular weight excluding hydrogens is 307 g/mol. The van der Waals surface area contributed by atoms with E-state index >= 15 is 0 Å². The van der Waals surface area contributed by atoms with Crippen molar-refractivity contribution in [1.29, 1.82) is 0 Å². The molecule has 0 atom stereocenters. The van der Waals surface area contributed by atoms with E-state index in [0.717, 1.165) is 12.1 Å². The third-order valence-corrected chi connectivity index (χ3v) is 4.08. The summed E-state index contributed by atoms with van der Waals surface area (Å²) in [7, 11) is 0. The number of rotatable bonds is 6. The Bertz CT molecular complexity index is 716. The fraction of sp³-hybridized carbons (Fsp3) is 0.333. The van der Waals surface area contributed by atoms with Crippen molar-refractivity contribution in [2.45, 2.75) is 25.8 Å². The van der Waals surface area contributed by atoms with Crippen LogP contribution in [-0.4, -0.2) is 17.5 Å². The number of hydrogen-bond acceptors (Lipinski definition) is 3. The summed E-state index contributed by atoms with van der Waals surface area (Å²) in [6.45, 7) is 1.22. The van der Waals surface area contributed by atoms with Gasteiger partial charge in [0.15, 0.2) is 5.96 Å². The normalized spacial score (nSPS) is 15.0. The molecule has 1 aliphatic carbocycles. The summed E-state index contributed by atoms with van der Waals surface area (Å²) in [5.74, 6) is 1.58. The zero-order valence-corrected chi connectivity index (χ0v) is 13.4. The molecule has 24 heavy (non-hydrogen) atoms. The first-order valence-electron chi connectivity index (χ1n) is 8.12. The number of aromatic nitrogens is 1. The zero-order chi connectivity index (χ0) is 16.8. The maximum absolute atomic E-state index is 13.3. The molecule has 1 heterocycles. The van der Waals surface area contributed by atoms with Crippen molar-refractivity contribution in [3.05, 3.63) is 54.0 Å². The summed E-state index contributed by atoms with van der Waals surface area (Å²) in [4.78, 5) is 8.54. The standard InChI is InChI=1S/C18H21FN4O/c19-15-7-2-8-16(10-15)24-17-14(6-3-9-21-17)12-23-18(20)22-11-13-4-1-5-13/h2-3,6-10,13H,1,4-5,11-12H2,(H3,20,22,23). The van der Waals surface area contributed by atoms with Gasteiger partial charge in [0.2, 0.25) is 5.88 Å². The molecule has 3 N–H and O–H groups in total. The van der Waals surface area contributed by atoms with Crippen LogP contribution in [0.2, 0.25) is 0 Å². The minimum atomic E-state index is -0.354. The van der Waals surface area contributed by atoms with E-state index in [1.807, 2.05) is 6.07 Å². The molecule has 1 aliphatic rings. The van der Waals surface area contributed by atoms with Gasteiger partial charge in [0, 0.05) is 24.4 Å². The van der Waals surface area contributed by atoms with E-state index in [1.165, 1.54) is 31.4 Å². The summed E-state index contributed by atoms with van der Waals surface area (Å²) in [6.07, 6.45) is 5.45. The summed E-state index contributed by atoms with van der Waals surface area (Å²) in [5, 5.41) is 3.15. The molecule has 0 saturated heterocycles. The van der Waals surface area contributed by atoms with E-state index in [1.54, 1.807) is 24.4 Å². The van der Waals surface area contributed by atoms with E-state index in [4.69, 9.17) is 10.5 Å². The van der Waals surface area contributed by atoms with Crippen LogP contribution in [0.25, 0.3) is 0 Å². The molecule has 0 spiro atoms. The SMILES string of the molecule is NC(=NCc1cccnc1Oc1cccc(F)c1)NCC1CCC1. The number of ether oxygens (including phenoxy) is 1. The van der Waals surface area contributed by atoms with Crippen LogP contribution in [0.15, 0.2) is 47.6 Å². The Morgan fingerprint density at radius 1 is 1.33 bits per heavy atom. The number of aliphatic imine (C=N–C) groups is 1. The van der Waals surface area contributed by atoms with Crippen molar-refractivity contribution in [2.75, 3.05) is 6.54 Å². The number of hydrogen-bond donors (Lipinski definition) is 2. The van der Waals surface area contributed by atoms with Gasteiger partial charge in [-0.3, -0.25) is 0 Å². The fourth-order valence-electron chi connectivity index (χ4n) is 2.45. The number of halogens is 1. The number of pyridine rings is 1. The van der Waals surface area contributed by atoms with Gasteiger partial charge in [-0.05, 0) is 37.0 Å². The van der Waals surface area contributed by atoms with Crippen LogP contribution >= 0.6 is 0 Å². The number of benzene rings is 1. The molecular formula is C18H21FN4O. The molecule has 1 aromatic carbocycles. The van der Waals surface area contributed by atoms with Crippen LogP contribution in [0.5, 0.6) is 11.6 Å². The molecule has 3 rings (SSSR count). The molecule has 0 bridgehead atoms. The lowest BCUT2D eigenvalue weighted by Crippen LogP contribution is -2.37. The molecule has 1 fully saturated rings. The minimum absolute atomic E-state index is 0.349. The first-order valence-corrected chi connectivity index (χ1v) is 8.12. The summed E-state index contributed by atoms with van der Waals surface area (Å²) >= 11 is 0. The molecule has 2 aromatic rings. The highest BCUT2D eigenvalue weighted by molar-refractivity contribution is 5.77. The largest absolute Gasteiger partial charge is 0.439 e. The molecule has 6 heteroatoms.